The number of ketones is 1. The lowest BCUT2D eigenvalue weighted by Crippen LogP contribution is -2.40. The van der Waals surface area contributed by atoms with Crippen LogP contribution in [0.1, 0.15) is 53.9 Å². The topological polar surface area (TPSA) is 17.1 Å². The van der Waals surface area contributed by atoms with Crippen LogP contribution in [-0.2, 0) is 4.79 Å². The van der Waals surface area contributed by atoms with Crippen molar-refractivity contribution in [2.45, 2.75) is 53.9 Å². The summed E-state index contributed by atoms with van der Waals surface area (Å²) in [4.78, 5) is 11.3. The minimum Gasteiger partial charge on any atom is -0.300 e. The van der Waals surface area contributed by atoms with Gasteiger partial charge in [0.15, 0.2) is 0 Å². The maximum Gasteiger partial charge on any atom is 0.130 e. The molecule has 0 heterocycles. The summed E-state index contributed by atoms with van der Waals surface area (Å²) >= 11 is 0. The standard InChI is InChI=1S/C13H24O/c1-9-6-7-10(2)13(4,5)12(9)8-11(3)14/h9-10,12H,6-8H2,1-5H3. The minimum atomic E-state index is 0.337. The Bertz CT molecular complexity index is 217. The van der Waals surface area contributed by atoms with Gasteiger partial charge < -0.3 is 4.79 Å². The van der Waals surface area contributed by atoms with Gasteiger partial charge in [-0.05, 0) is 36.5 Å². The smallest absolute Gasteiger partial charge is 0.130 e. The van der Waals surface area contributed by atoms with Gasteiger partial charge in [-0.1, -0.05) is 34.1 Å². The Kier molecular flexibility index (Phi) is 3.39. The van der Waals surface area contributed by atoms with Crippen molar-refractivity contribution in [2.24, 2.45) is 23.2 Å². The van der Waals surface area contributed by atoms with Crippen molar-refractivity contribution in [1.29, 1.82) is 0 Å². The summed E-state index contributed by atoms with van der Waals surface area (Å²) in [6.45, 7) is 11.0. The molecule has 0 bridgehead atoms. The lowest BCUT2D eigenvalue weighted by molar-refractivity contribution is -0.120. The first-order chi connectivity index (χ1) is 6.35. The minimum absolute atomic E-state index is 0.337. The highest BCUT2D eigenvalue weighted by Crippen LogP contribution is 2.48. The number of Topliss-reactive ketones (excluding diaryl/α,β-unsaturated/α-hetero) is 1. The zero-order valence-corrected chi connectivity index (χ0v) is 10.3. The summed E-state index contributed by atoms with van der Waals surface area (Å²) in [6.07, 6.45) is 3.39. The molecule has 0 amide bonds. The molecule has 0 saturated heterocycles. The maximum absolute atomic E-state index is 11.3. The average Bonchev–Trinajstić information content (AvgIpc) is 2.06. The van der Waals surface area contributed by atoms with Crippen LogP contribution < -0.4 is 0 Å². The van der Waals surface area contributed by atoms with Crippen LogP contribution in [0.3, 0.4) is 0 Å². The van der Waals surface area contributed by atoms with E-state index in [4.69, 9.17) is 0 Å². The first-order valence-corrected chi connectivity index (χ1v) is 5.85. The van der Waals surface area contributed by atoms with E-state index >= 15 is 0 Å². The highest BCUT2D eigenvalue weighted by atomic mass is 16.1. The van der Waals surface area contributed by atoms with E-state index in [1.54, 1.807) is 6.92 Å². The van der Waals surface area contributed by atoms with Crippen molar-refractivity contribution in [1.82, 2.24) is 0 Å². The molecule has 1 heteroatoms. The number of carbonyl (C=O) groups excluding carboxylic acids is 1. The maximum atomic E-state index is 11.3. The van der Waals surface area contributed by atoms with Gasteiger partial charge in [-0.2, -0.15) is 0 Å². The van der Waals surface area contributed by atoms with E-state index in [1.165, 1.54) is 12.8 Å². The Hall–Kier alpha value is -0.330. The van der Waals surface area contributed by atoms with Crippen molar-refractivity contribution in [3.8, 4) is 0 Å². The van der Waals surface area contributed by atoms with Crippen LogP contribution in [-0.4, -0.2) is 5.78 Å². The monoisotopic (exact) mass is 196 g/mol. The highest BCUT2D eigenvalue weighted by Gasteiger charge is 2.41. The van der Waals surface area contributed by atoms with Crippen molar-refractivity contribution >= 4 is 5.78 Å². The van der Waals surface area contributed by atoms with Gasteiger partial charge in [0.2, 0.25) is 0 Å². The molecule has 0 aromatic rings. The van der Waals surface area contributed by atoms with Crippen LogP contribution >= 0.6 is 0 Å². The summed E-state index contributed by atoms with van der Waals surface area (Å²) < 4.78 is 0. The van der Waals surface area contributed by atoms with Crippen LogP contribution in [0.15, 0.2) is 0 Å². The van der Waals surface area contributed by atoms with Crippen LogP contribution in [0.2, 0.25) is 0 Å². The summed E-state index contributed by atoms with van der Waals surface area (Å²) in [5, 5.41) is 0. The summed E-state index contributed by atoms with van der Waals surface area (Å²) in [5.74, 6) is 2.40. The molecule has 0 aliphatic heterocycles. The fraction of sp³-hybridized carbons (Fsp3) is 0.923. The molecular weight excluding hydrogens is 172 g/mol. The molecule has 14 heavy (non-hydrogen) atoms. The number of hydrogen-bond acceptors (Lipinski definition) is 1. The first-order valence-electron chi connectivity index (χ1n) is 5.85. The molecule has 3 atom stereocenters. The van der Waals surface area contributed by atoms with E-state index in [0.29, 0.717) is 23.0 Å². The van der Waals surface area contributed by atoms with Crippen LogP contribution in [0.4, 0.5) is 0 Å². The van der Waals surface area contributed by atoms with Gasteiger partial charge in [0.05, 0.1) is 0 Å². The normalized spacial score (nSPS) is 36.8. The second-order valence-electron chi connectivity index (χ2n) is 5.79. The third-order valence-corrected chi connectivity index (χ3v) is 4.48. The summed E-state index contributed by atoms with van der Waals surface area (Å²) in [6, 6.07) is 0. The molecule has 3 unspecified atom stereocenters. The van der Waals surface area contributed by atoms with Gasteiger partial charge in [0.25, 0.3) is 0 Å². The molecule has 0 aromatic carbocycles. The number of rotatable bonds is 2. The third kappa shape index (κ3) is 2.18. The Morgan fingerprint density at radius 3 is 2.36 bits per heavy atom. The predicted molar refractivity (Wildman–Crippen MR) is 60.1 cm³/mol. The Labute approximate surface area is 88.3 Å². The molecule has 1 nitrogen and oxygen atoms in total. The third-order valence-electron chi connectivity index (χ3n) is 4.48. The molecule has 0 aromatic heterocycles. The van der Waals surface area contributed by atoms with E-state index in [-0.39, 0.29) is 0 Å². The molecule has 1 aliphatic carbocycles. The van der Waals surface area contributed by atoms with Gasteiger partial charge in [0.1, 0.15) is 5.78 Å². The second kappa shape index (κ2) is 4.04. The molecule has 0 N–H and O–H groups in total. The van der Waals surface area contributed by atoms with Crippen LogP contribution in [0, 0.1) is 23.2 Å². The second-order valence-corrected chi connectivity index (χ2v) is 5.79. The molecular formula is C13H24O. The molecule has 1 saturated carbocycles. The average molecular weight is 196 g/mol. The molecule has 1 fully saturated rings. The van der Waals surface area contributed by atoms with E-state index in [0.717, 1.165) is 12.3 Å². The van der Waals surface area contributed by atoms with Crippen molar-refractivity contribution in [3.63, 3.8) is 0 Å². The van der Waals surface area contributed by atoms with Gasteiger partial charge in [-0.25, -0.2) is 0 Å². The Morgan fingerprint density at radius 1 is 1.29 bits per heavy atom. The lowest BCUT2D eigenvalue weighted by Gasteiger charge is -2.47. The van der Waals surface area contributed by atoms with Gasteiger partial charge >= 0.3 is 0 Å². The largest absolute Gasteiger partial charge is 0.300 e. The van der Waals surface area contributed by atoms with E-state index in [9.17, 15) is 4.79 Å². The first kappa shape index (κ1) is 11.7. The highest BCUT2D eigenvalue weighted by molar-refractivity contribution is 5.75. The van der Waals surface area contributed by atoms with E-state index in [1.807, 2.05) is 0 Å². The number of carbonyl (C=O) groups is 1. The van der Waals surface area contributed by atoms with Crippen LogP contribution in [0.25, 0.3) is 0 Å². The van der Waals surface area contributed by atoms with Gasteiger partial charge in [-0.15, -0.1) is 0 Å². The van der Waals surface area contributed by atoms with Crippen molar-refractivity contribution in [2.75, 3.05) is 0 Å². The molecule has 1 aliphatic rings. The predicted octanol–water partition coefficient (Wildman–Crippen LogP) is 3.67. The molecule has 0 spiro atoms. The SMILES string of the molecule is CC(=O)CC1C(C)CCC(C)C1(C)C. The fourth-order valence-electron chi connectivity index (χ4n) is 2.96. The Morgan fingerprint density at radius 2 is 1.86 bits per heavy atom. The number of hydrogen-bond donors (Lipinski definition) is 0. The molecule has 1 rings (SSSR count). The van der Waals surface area contributed by atoms with Crippen molar-refractivity contribution < 1.29 is 4.79 Å². The lowest BCUT2D eigenvalue weighted by atomic mass is 9.58. The molecule has 0 radical (unpaired) electrons. The molecule has 82 valence electrons. The van der Waals surface area contributed by atoms with Gasteiger partial charge in [0, 0.05) is 6.42 Å². The zero-order chi connectivity index (χ0) is 10.9. The summed E-state index contributed by atoms with van der Waals surface area (Å²) in [7, 11) is 0. The van der Waals surface area contributed by atoms with Crippen LogP contribution in [0.5, 0.6) is 0 Å². The fourth-order valence-corrected chi connectivity index (χ4v) is 2.96. The van der Waals surface area contributed by atoms with E-state index < -0.39 is 0 Å². The van der Waals surface area contributed by atoms with Crippen molar-refractivity contribution in [3.05, 3.63) is 0 Å². The van der Waals surface area contributed by atoms with E-state index in [2.05, 4.69) is 27.7 Å². The van der Waals surface area contributed by atoms with Gasteiger partial charge in [-0.3, -0.25) is 0 Å². The Balaban J connectivity index is 2.79. The zero-order valence-electron chi connectivity index (χ0n) is 10.3. The summed E-state index contributed by atoms with van der Waals surface area (Å²) in [5.41, 5.74) is 0.337. The quantitative estimate of drug-likeness (QED) is 0.658.